The van der Waals surface area contributed by atoms with Crippen LogP contribution in [-0.4, -0.2) is 17.0 Å². The molecule has 2 rings (SSSR count). The Morgan fingerprint density at radius 2 is 1.85 bits per heavy atom. The molecule has 0 aliphatic heterocycles. The van der Waals surface area contributed by atoms with Crippen molar-refractivity contribution in [3.63, 3.8) is 0 Å². The third kappa shape index (κ3) is 3.04. The summed E-state index contributed by atoms with van der Waals surface area (Å²) in [7, 11) is 1.85. The fourth-order valence-corrected chi connectivity index (χ4v) is 1.99. The van der Waals surface area contributed by atoms with Gasteiger partial charge in [-0.2, -0.15) is 5.26 Å². The highest BCUT2D eigenvalue weighted by molar-refractivity contribution is 5.65. The van der Waals surface area contributed by atoms with E-state index in [1.165, 1.54) is 6.33 Å². The SMILES string of the molecule is CCCc1c(NC)ncnc1Nc1ccc(C#N)cc1. The maximum atomic E-state index is 8.80. The van der Waals surface area contributed by atoms with Crippen molar-refractivity contribution < 1.29 is 0 Å². The first-order chi connectivity index (χ1) is 9.78. The van der Waals surface area contributed by atoms with Gasteiger partial charge in [-0.25, -0.2) is 9.97 Å². The highest BCUT2D eigenvalue weighted by atomic mass is 15.1. The van der Waals surface area contributed by atoms with E-state index in [0.29, 0.717) is 5.56 Å². The molecule has 2 aromatic rings. The minimum absolute atomic E-state index is 0.642. The van der Waals surface area contributed by atoms with E-state index >= 15 is 0 Å². The molecule has 2 N–H and O–H groups in total. The number of hydrogen-bond donors (Lipinski definition) is 2. The number of aromatic nitrogens is 2. The molecule has 0 bridgehead atoms. The summed E-state index contributed by atoms with van der Waals surface area (Å²) in [5, 5.41) is 15.2. The van der Waals surface area contributed by atoms with Crippen LogP contribution in [0, 0.1) is 11.3 Å². The fraction of sp³-hybridized carbons (Fsp3) is 0.267. The van der Waals surface area contributed by atoms with Gasteiger partial charge in [0.25, 0.3) is 0 Å². The maximum absolute atomic E-state index is 8.80. The van der Waals surface area contributed by atoms with Gasteiger partial charge in [0.05, 0.1) is 11.6 Å². The Morgan fingerprint density at radius 1 is 1.15 bits per heavy atom. The Morgan fingerprint density at radius 3 is 2.45 bits per heavy atom. The molecule has 5 heteroatoms. The summed E-state index contributed by atoms with van der Waals surface area (Å²) >= 11 is 0. The summed E-state index contributed by atoms with van der Waals surface area (Å²) in [6.45, 7) is 2.12. The van der Waals surface area contributed by atoms with E-state index in [-0.39, 0.29) is 0 Å². The van der Waals surface area contributed by atoms with Gasteiger partial charge in [0.1, 0.15) is 18.0 Å². The topological polar surface area (TPSA) is 73.6 Å². The molecule has 0 spiro atoms. The Kier molecular flexibility index (Phi) is 4.51. The molecule has 0 amide bonds. The molecule has 0 aliphatic rings. The van der Waals surface area contributed by atoms with E-state index in [4.69, 9.17) is 5.26 Å². The average Bonchev–Trinajstić information content (AvgIpc) is 2.50. The van der Waals surface area contributed by atoms with Crippen LogP contribution in [-0.2, 0) is 6.42 Å². The summed E-state index contributed by atoms with van der Waals surface area (Å²) < 4.78 is 0. The zero-order valence-corrected chi connectivity index (χ0v) is 11.6. The summed E-state index contributed by atoms with van der Waals surface area (Å²) in [4.78, 5) is 8.56. The van der Waals surface area contributed by atoms with Crippen molar-refractivity contribution >= 4 is 17.3 Å². The third-order valence-corrected chi connectivity index (χ3v) is 2.96. The molecule has 1 aromatic carbocycles. The zero-order valence-electron chi connectivity index (χ0n) is 11.6. The van der Waals surface area contributed by atoms with Crippen LogP contribution in [0.5, 0.6) is 0 Å². The molecule has 0 fully saturated rings. The molecular weight excluding hydrogens is 250 g/mol. The zero-order chi connectivity index (χ0) is 14.4. The molecule has 0 saturated heterocycles. The number of benzene rings is 1. The molecule has 0 aliphatic carbocycles. The lowest BCUT2D eigenvalue weighted by molar-refractivity contribution is 0.905. The second-order valence-electron chi connectivity index (χ2n) is 4.36. The van der Waals surface area contributed by atoms with Crippen LogP contribution in [0.4, 0.5) is 17.3 Å². The van der Waals surface area contributed by atoms with Gasteiger partial charge in [0.15, 0.2) is 0 Å². The van der Waals surface area contributed by atoms with Crippen molar-refractivity contribution in [2.45, 2.75) is 19.8 Å². The lowest BCUT2D eigenvalue weighted by Gasteiger charge is -2.13. The lowest BCUT2D eigenvalue weighted by atomic mass is 10.1. The molecule has 0 saturated carbocycles. The summed E-state index contributed by atoms with van der Waals surface area (Å²) in [5.41, 5.74) is 2.62. The number of anilines is 3. The van der Waals surface area contributed by atoms with Crippen LogP contribution >= 0.6 is 0 Å². The molecule has 0 radical (unpaired) electrons. The summed E-state index contributed by atoms with van der Waals surface area (Å²) in [6, 6.07) is 9.41. The highest BCUT2D eigenvalue weighted by Gasteiger charge is 2.09. The number of rotatable bonds is 5. The first kappa shape index (κ1) is 13.8. The first-order valence-electron chi connectivity index (χ1n) is 6.57. The van der Waals surface area contributed by atoms with E-state index in [0.717, 1.165) is 35.7 Å². The Hall–Kier alpha value is -2.61. The largest absolute Gasteiger partial charge is 0.373 e. The van der Waals surface area contributed by atoms with Gasteiger partial charge in [-0.05, 0) is 30.7 Å². The lowest BCUT2D eigenvalue weighted by Crippen LogP contribution is -2.05. The standard InChI is InChI=1S/C15H17N5/c1-3-4-13-14(17-2)18-10-19-15(13)20-12-7-5-11(9-16)6-8-12/h5-8,10H,3-4H2,1-2H3,(H2,17,18,19,20). The van der Waals surface area contributed by atoms with Crippen LogP contribution in [0.2, 0.25) is 0 Å². The molecule has 1 heterocycles. The van der Waals surface area contributed by atoms with Crippen molar-refractivity contribution in [3.05, 3.63) is 41.7 Å². The molecule has 0 atom stereocenters. The highest BCUT2D eigenvalue weighted by Crippen LogP contribution is 2.24. The minimum Gasteiger partial charge on any atom is -0.373 e. The van der Waals surface area contributed by atoms with Crippen molar-refractivity contribution in [2.75, 3.05) is 17.7 Å². The maximum Gasteiger partial charge on any atom is 0.139 e. The van der Waals surface area contributed by atoms with Gasteiger partial charge in [-0.1, -0.05) is 13.3 Å². The fourth-order valence-electron chi connectivity index (χ4n) is 1.99. The van der Waals surface area contributed by atoms with E-state index in [2.05, 4.69) is 33.6 Å². The third-order valence-electron chi connectivity index (χ3n) is 2.96. The second kappa shape index (κ2) is 6.53. The Balaban J connectivity index is 2.30. The van der Waals surface area contributed by atoms with E-state index in [1.807, 2.05) is 19.2 Å². The Bertz CT molecular complexity index is 613. The van der Waals surface area contributed by atoms with Crippen LogP contribution in [0.25, 0.3) is 0 Å². The second-order valence-corrected chi connectivity index (χ2v) is 4.36. The first-order valence-corrected chi connectivity index (χ1v) is 6.57. The van der Waals surface area contributed by atoms with Gasteiger partial charge >= 0.3 is 0 Å². The molecular formula is C15H17N5. The number of nitrogens with one attached hydrogen (secondary N) is 2. The van der Waals surface area contributed by atoms with Crippen LogP contribution in [0.1, 0.15) is 24.5 Å². The van der Waals surface area contributed by atoms with Crippen LogP contribution in [0.15, 0.2) is 30.6 Å². The van der Waals surface area contributed by atoms with Gasteiger partial charge in [-0.3, -0.25) is 0 Å². The summed E-state index contributed by atoms with van der Waals surface area (Å²) in [5.74, 6) is 1.65. The van der Waals surface area contributed by atoms with Crippen molar-refractivity contribution in [3.8, 4) is 6.07 Å². The van der Waals surface area contributed by atoms with Gasteiger partial charge in [0.2, 0.25) is 0 Å². The quantitative estimate of drug-likeness (QED) is 0.870. The molecule has 0 unspecified atom stereocenters. The van der Waals surface area contributed by atoms with Crippen LogP contribution in [0.3, 0.4) is 0 Å². The van der Waals surface area contributed by atoms with Gasteiger partial charge in [0, 0.05) is 18.3 Å². The van der Waals surface area contributed by atoms with Crippen molar-refractivity contribution in [2.24, 2.45) is 0 Å². The minimum atomic E-state index is 0.642. The normalized spacial score (nSPS) is 9.85. The average molecular weight is 267 g/mol. The van der Waals surface area contributed by atoms with E-state index in [9.17, 15) is 0 Å². The van der Waals surface area contributed by atoms with Crippen molar-refractivity contribution in [1.29, 1.82) is 5.26 Å². The van der Waals surface area contributed by atoms with Gasteiger partial charge in [-0.15, -0.1) is 0 Å². The van der Waals surface area contributed by atoms with E-state index in [1.54, 1.807) is 12.1 Å². The number of hydrogen-bond acceptors (Lipinski definition) is 5. The predicted molar refractivity (Wildman–Crippen MR) is 80.0 cm³/mol. The van der Waals surface area contributed by atoms with E-state index < -0.39 is 0 Å². The molecule has 1 aromatic heterocycles. The van der Waals surface area contributed by atoms with Gasteiger partial charge < -0.3 is 10.6 Å². The predicted octanol–water partition coefficient (Wildman–Crippen LogP) is 3.09. The Labute approximate surface area is 118 Å². The van der Waals surface area contributed by atoms with Crippen LogP contribution < -0.4 is 10.6 Å². The smallest absolute Gasteiger partial charge is 0.139 e. The molecule has 20 heavy (non-hydrogen) atoms. The molecule has 102 valence electrons. The number of nitrogens with zero attached hydrogens (tertiary/aromatic N) is 3. The number of nitriles is 1. The molecule has 5 nitrogen and oxygen atoms in total. The van der Waals surface area contributed by atoms with Crippen molar-refractivity contribution in [1.82, 2.24) is 9.97 Å². The summed E-state index contributed by atoms with van der Waals surface area (Å²) in [6.07, 6.45) is 3.46. The monoisotopic (exact) mass is 267 g/mol.